The minimum atomic E-state index is -1.68. The van der Waals surface area contributed by atoms with Crippen LogP contribution in [0.3, 0.4) is 0 Å². The minimum Gasteiger partial charge on any atom is -0.508 e. The molecule has 5 atom stereocenters. The molecule has 1 heterocycles. The number of hydrogen-bond acceptors (Lipinski definition) is 9. The van der Waals surface area contributed by atoms with Crippen molar-refractivity contribution in [2.75, 3.05) is 6.54 Å². The second kappa shape index (κ2) is 19.6. The van der Waals surface area contributed by atoms with E-state index in [1.54, 1.807) is 101 Å². The Morgan fingerprint density at radius 1 is 0.768 bits per heavy atom. The van der Waals surface area contributed by atoms with E-state index in [1.807, 2.05) is 6.07 Å². The van der Waals surface area contributed by atoms with Crippen LogP contribution in [-0.4, -0.2) is 87.2 Å². The quantitative estimate of drug-likeness (QED) is 0.132. The number of carbonyl (C=O) groups excluding carboxylic acids is 5. The van der Waals surface area contributed by atoms with Crippen molar-refractivity contribution in [3.05, 3.63) is 102 Å². The fraction of sp³-hybridized carbons (Fsp3) is 0.429. The number of benzene rings is 3. The van der Waals surface area contributed by atoms with Crippen molar-refractivity contribution >= 4 is 35.8 Å². The number of aliphatic carboxylic acids is 1. The summed E-state index contributed by atoms with van der Waals surface area (Å²) in [5, 5.41) is 28.2. The Hall–Kier alpha value is -5.92. The SMILES string of the molecule is CC(C)[C@H](NC(=O)[C@@H](NC(=O)[C@@H]1CCCN1C(=O)OC(C)(C)C)C(Cc1ccccc1)C(=O)O)C(=O)N[C@@H](Cc1ccc(O)cc1)C(=O)OCc1ccccc1. The summed E-state index contributed by atoms with van der Waals surface area (Å²) >= 11 is 0. The van der Waals surface area contributed by atoms with Gasteiger partial charge in [0.15, 0.2) is 0 Å². The van der Waals surface area contributed by atoms with Crippen LogP contribution in [0.5, 0.6) is 5.75 Å². The molecule has 4 rings (SSSR count). The molecule has 4 amide bonds. The van der Waals surface area contributed by atoms with E-state index < -0.39 is 77.4 Å². The highest BCUT2D eigenvalue weighted by Gasteiger charge is 2.42. The fourth-order valence-corrected chi connectivity index (χ4v) is 6.32. The number of phenolic OH excluding ortho intramolecular Hbond substituents is 1. The van der Waals surface area contributed by atoms with Crippen LogP contribution in [0.15, 0.2) is 84.9 Å². The van der Waals surface area contributed by atoms with Gasteiger partial charge >= 0.3 is 18.0 Å². The van der Waals surface area contributed by atoms with Gasteiger partial charge in [-0.05, 0) is 74.8 Å². The molecule has 56 heavy (non-hydrogen) atoms. The molecular weight excluding hydrogens is 720 g/mol. The first-order chi connectivity index (χ1) is 26.5. The molecule has 0 bridgehead atoms. The number of likely N-dealkylation sites (tertiary alicyclic amines) is 1. The molecule has 3 aromatic carbocycles. The van der Waals surface area contributed by atoms with Crippen LogP contribution >= 0.6 is 0 Å². The number of nitrogens with zero attached hydrogens (tertiary/aromatic N) is 1. The maximum absolute atomic E-state index is 14.3. The summed E-state index contributed by atoms with van der Waals surface area (Å²) in [5.74, 6) is -6.58. The molecule has 0 radical (unpaired) electrons. The van der Waals surface area contributed by atoms with E-state index in [2.05, 4.69) is 16.0 Å². The Morgan fingerprint density at radius 3 is 1.91 bits per heavy atom. The average molecular weight is 773 g/mol. The van der Waals surface area contributed by atoms with Gasteiger partial charge in [0.1, 0.15) is 42.1 Å². The van der Waals surface area contributed by atoms with Crippen molar-refractivity contribution < 1.29 is 48.5 Å². The number of carboxylic acid groups (broad SMARTS) is 1. The van der Waals surface area contributed by atoms with E-state index in [9.17, 15) is 39.0 Å². The molecule has 300 valence electrons. The zero-order valence-corrected chi connectivity index (χ0v) is 32.4. The lowest BCUT2D eigenvalue weighted by Crippen LogP contribution is -2.61. The Balaban J connectivity index is 1.59. The monoisotopic (exact) mass is 772 g/mol. The molecule has 1 aliphatic rings. The fourth-order valence-electron chi connectivity index (χ4n) is 6.32. The number of carboxylic acids is 1. The number of rotatable bonds is 16. The Bertz CT molecular complexity index is 1810. The van der Waals surface area contributed by atoms with Gasteiger partial charge in [0.25, 0.3) is 0 Å². The van der Waals surface area contributed by atoms with Crippen molar-refractivity contribution in [1.82, 2.24) is 20.9 Å². The summed E-state index contributed by atoms with van der Waals surface area (Å²) in [6.45, 7) is 8.59. The molecule has 0 aliphatic carbocycles. The Kier molecular flexibility index (Phi) is 15.0. The molecule has 1 saturated heterocycles. The molecule has 1 unspecified atom stereocenters. The number of carbonyl (C=O) groups is 6. The van der Waals surface area contributed by atoms with E-state index in [0.29, 0.717) is 17.5 Å². The number of nitrogens with one attached hydrogen (secondary N) is 3. The van der Waals surface area contributed by atoms with Crippen molar-refractivity contribution in [2.45, 2.75) is 96.7 Å². The van der Waals surface area contributed by atoms with Crippen LogP contribution in [0.4, 0.5) is 4.79 Å². The summed E-state index contributed by atoms with van der Waals surface area (Å²) in [4.78, 5) is 82.7. The van der Waals surface area contributed by atoms with Gasteiger partial charge in [-0.25, -0.2) is 9.59 Å². The lowest BCUT2D eigenvalue weighted by Gasteiger charge is -2.31. The van der Waals surface area contributed by atoms with E-state index in [1.165, 1.54) is 17.0 Å². The molecule has 14 heteroatoms. The number of amides is 4. The first-order valence-electron chi connectivity index (χ1n) is 18.7. The first kappa shape index (κ1) is 42.8. The molecule has 14 nitrogen and oxygen atoms in total. The summed E-state index contributed by atoms with van der Waals surface area (Å²) in [6, 6.07) is 18.4. The highest BCUT2D eigenvalue weighted by Crippen LogP contribution is 2.23. The molecule has 0 aromatic heterocycles. The molecule has 3 aromatic rings. The van der Waals surface area contributed by atoms with Crippen LogP contribution < -0.4 is 16.0 Å². The minimum absolute atomic E-state index is 0.00914. The van der Waals surface area contributed by atoms with Crippen molar-refractivity contribution in [3.63, 3.8) is 0 Å². The summed E-state index contributed by atoms with van der Waals surface area (Å²) < 4.78 is 11.1. The number of esters is 1. The Labute approximate surface area is 326 Å². The van der Waals surface area contributed by atoms with E-state index in [0.717, 1.165) is 5.56 Å². The van der Waals surface area contributed by atoms with Gasteiger partial charge in [0.05, 0.1) is 5.92 Å². The number of ether oxygens (including phenoxy) is 2. The van der Waals surface area contributed by atoms with Gasteiger partial charge in [0, 0.05) is 13.0 Å². The molecule has 0 saturated carbocycles. The van der Waals surface area contributed by atoms with Crippen molar-refractivity contribution in [3.8, 4) is 5.75 Å². The third-order valence-electron chi connectivity index (χ3n) is 9.23. The first-order valence-corrected chi connectivity index (χ1v) is 18.7. The molecule has 1 fully saturated rings. The topological polar surface area (TPSA) is 201 Å². The standard InChI is InChI=1S/C42H52N4O10/c1-26(2)34(37(49)43-32(24-28-18-20-30(47)21-19-28)40(53)55-25-29-15-10-7-11-16-29)44-38(50)35(31(39(51)52)23-27-13-8-6-9-14-27)45-36(48)33-17-12-22-46(33)41(54)56-42(3,4)5/h6-11,13-16,18-21,26,31-35,47H,12,17,22-25H2,1-5H3,(H,43,49)(H,44,50)(H,45,48)(H,51,52)/t31?,32-,33-,34-,35-/m0/s1. The van der Waals surface area contributed by atoms with Crippen LogP contribution in [0, 0.1) is 11.8 Å². The lowest BCUT2D eigenvalue weighted by atomic mass is 9.90. The molecule has 1 aliphatic heterocycles. The number of aromatic hydroxyl groups is 1. The van der Waals surface area contributed by atoms with Gasteiger partial charge in [-0.15, -0.1) is 0 Å². The molecule has 0 spiro atoms. The van der Waals surface area contributed by atoms with Crippen molar-refractivity contribution in [2.24, 2.45) is 11.8 Å². The zero-order valence-electron chi connectivity index (χ0n) is 32.4. The summed E-state index contributed by atoms with van der Waals surface area (Å²) in [5.41, 5.74) is 1.09. The lowest BCUT2D eigenvalue weighted by molar-refractivity contribution is -0.150. The van der Waals surface area contributed by atoms with Crippen LogP contribution in [-0.2, 0) is 52.9 Å². The average Bonchev–Trinajstić information content (AvgIpc) is 3.65. The van der Waals surface area contributed by atoms with Gasteiger partial charge in [-0.3, -0.25) is 24.1 Å². The van der Waals surface area contributed by atoms with Gasteiger partial charge < -0.3 is 35.6 Å². The summed E-state index contributed by atoms with van der Waals surface area (Å²) in [7, 11) is 0. The third kappa shape index (κ3) is 12.6. The summed E-state index contributed by atoms with van der Waals surface area (Å²) in [6.07, 6.45) is -0.124. The van der Waals surface area contributed by atoms with E-state index in [-0.39, 0.29) is 38.2 Å². The predicted molar refractivity (Wildman–Crippen MR) is 206 cm³/mol. The normalized spacial score (nSPS) is 16.2. The smallest absolute Gasteiger partial charge is 0.410 e. The number of hydrogen-bond donors (Lipinski definition) is 5. The highest BCUT2D eigenvalue weighted by molar-refractivity contribution is 5.97. The van der Waals surface area contributed by atoms with Gasteiger partial charge in [-0.1, -0.05) is 86.6 Å². The van der Waals surface area contributed by atoms with E-state index in [4.69, 9.17) is 9.47 Å². The highest BCUT2D eigenvalue weighted by atomic mass is 16.6. The van der Waals surface area contributed by atoms with Gasteiger partial charge in [-0.2, -0.15) is 0 Å². The van der Waals surface area contributed by atoms with Gasteiger partial charge in [0.2, 0.25) is 17.7 Å². The van der Waals surface area contributed by atoms with Crippen LogP contribution in [0.2, 0.25) is 0 Å². The van der Waals surface area contributed by atoms with Crippen LogP contribution in [0.25, 0.3) is 0 Å². The second-order valence-electron chi connectivity index (χ2n) is 15.2. The molecular formula is C42H52N4O10. The zero-order chi connectivity index (χ0) is 41.0. The van der Waals surface area contributed by atoms with Crippen LogP contribution in [0.1, 0.15) is 64.2 Å². The maximum atomic E-state index is 14.3. The molecule has 5 N–H and O–H groups in total. The van der Waals surface area contributed by atoms with E-state index >= 15 is 0 Å². The Morgan fingerprint density at radius 2 is 1.34 bits per heavy atom. The largest absolute Gasteiger partial charge is 0.508 e. The van der Waals surface area contributed by atoms with Crippen molar-refractivity contribution in [1.29, 1.82) is 0 Å². The second-order valence-corrected chi connectivity index (χ2v) is 15.2. The third-order valence-corrected chi connectivity index (χ3v) is 9.23. The maximum Gasteiger partial charge on any atom is 0.410 e. The number of phenols is 1. The predicted octanol–water partition coefficient (Wildman–Crippen LogP) is 4.13.